The van der Waals surface area contributed by atoms with Gasteiger partial charge in [-0.2, -0.15) is 12.6 Å². The maximum absolute atomic E-state index is 12.3. The Labute approximate surface area is 142 Å². The van der Waals surface area contributed by atoms with Crippen molar-refractivity contribution in [2.24, 2.45) is 0 Å². The summed E-state index contributed by atoms with van der Waals surface area (Å²) in [5, 5.41) is 0. The van der Waals surface area contributed by atoms with Gasteiger partial charge < -0.3 is 0 Å². The molecule has 0 saturated carbocycles. The minimum atomic E-state index is -3.53. The molecule has 0 bridgehead atoms. The van der Waals surface area contributed by atoms with Gasteiger partial charge in [0.1, 0.15) is 0 Å². The van der Waals surface area contributed by atoms with Crippen molar-refractivity contribution in [1.82, 2.24) is 4.72 Å². The predicted molar refractivity (Wildman–Crippen MR) is 95.3 cm³/mol. The van der Waals surface area contributed by atoms with Crippen LogP contribution in [0.15, 0.2) is 69.3 Å². The fraction of sp³-hybridized carbons (Fsp3) is 0.250. The smallest absolute Gasteiger partial charge is 0.207 e. The molecule has 0 fully saturated rings. The van der Waals surface area contributed by atoms with Crippen LogP contribution in [0.1, 0.15) is 13.8 Å². The Morgan fingerprint density at radius 1 is 1.00 bits per heavy atom. The molecule has 6 heteroatoms. The van der Waals surface area contributed by atoms with Crippen molar-refractivity contribution in [3.8, 4) is 0 Å². The van der Waals surface area contributed by atoms with Gasteiger partial charge in [0.15, 0.2) is 0 Å². The molecule has 0 unspecified atom stereocenters. The lowest BCUT2D eigenvalue weighted by atomic mass is 10.1. The Kier molecular flexibility index (Phi) is 5.60. The second-order valence-electron chi connectivity index (χ2n) is 5.53. The van der Waals surface area contributed by atoms with E-state index in [1.807, 2.05) is 42.5 Å². The highest BCUT2D eigenvalue weighted by molar-refractivity contribution is 7.99. The van der Waals surface area contributed by atoms with Crippen LogP contribution >= 0.6 is 24.4 Å². The Bertz CT molecular complexity index is 711. The Hall–Kier alpha value is -0.950. The molecule has 0 spiro atoms. The van der Waals surface area contributed by atoms with Crippen LogP contribution in [0, 0.1) is 0 Å². The summed E-state index contributed by atoms with van der Waals surface area (Å²) in [4.78, 5) is 2.38. The van der Waals surface area contributed by atoms with Gasteiger partial charge in [-0.15, -0.1) is 0 Å². The average molecular weight is 354 g/mol. The molecule has 0 saturated heterocycles. The molecule has 0 amide bonds. The number of nitrogens with one attached hydrogen (secondary N) is 1. The van der Waals surface area contributed by atoms with E-state index in [4.69, 9.17) is 0 Å². The number of benzene rings is 2. The molecule has 118 valence electrons. The van der Waals surface area contributed by atoms with Crippen LogP contribution in [0.2, 0.25) is 0 Å². The first kappa shape index (κ1) is 17.4. The average Bonchev–Trinajstić information content (AvgIpc) is 2.48. The van der Waals surface area contributed by atoms with Crippen molar-refractivity contribution in [2.75, 3.05) is 5.75 Å². The Morgan fingerprint density at radius 3 is 2.09 bits per heavy atom. The van der Waals surface area contributed by atoms with Gasteiger partial charge in [0.05, 0.1) is 4.90 Å². The van der Waals surface area contributed by atoms with Crippen LogP contribution in [0.4, 0.5) is 0 Å². The first-order chi connectivity index (χ1) is 10.3. The molecule has 0 aliphatic heterocycles. The van der Waals surface area contributed by atoms with Gasteiger partial charge in [-0.1, -0.05) is 30.0 Å². The lowest BCUT2D eigenvalue weighted by Gasteiger charge is -2.23. The number of hydrogen-bond acceptors (Lipinski definition) is 4. The first-order valence-electron chi connectivity index (χ1n) is 6.80. The topological polar surface area (TPSA) is 46.2 Å². The summed E-state index contributed by atoms with van der Waals surface area (Å²) in [5.74, 6) is 0.425. The number of hydrogen-bond donors (Lipinski definition) is 2. The van der Waals surface area contributed by atoms with E-state index in [2.05, 4.69) is 17.4 Å². The molecular weight excluding hydrogens is 334 g/mol. The third-order valence-corrected chi connectivity index (χ3v) is 6.44. The third kappa shape index (κ3) is 4.78. The van der Waals surface area contributed by atoms with E-state index in [9.17, 15) is 8.42 Å². The van der Waals surface area contributed by atoms with E-state index in [1.54, 1.807) is 37.7 Å². The van der Waals surface area contributed by atoms with Crippen LogP contribution in [0.25, 0.3) is 0 Å². The molecule has 1 N–H and O–H groups in total. The number of rotatable bonds is 6. The quantitative estimate of drug-likeness (QED) is 0.776. The molecule has 2 aromatic carbocycles. The van der Waals surface area contributed by atoms with E-state index in [0.717, 1.165) is 9.79 Å². The molecule has 0 heterocycles. The summed E-state index contributed by atoms with van der Waals surface area (Å²) >= 11 is 5.76. The molecule has 0 atom stereocenters. The van der Waals surface area contributed by atoms with Crippen molar-refractivity contribution < 1.29 is 8.42 Å². The molecule has 3 nitrogen and oxygen atoms in total. The molecule has 22 heavy (non-hydrogen) atoms. The van der Waals surface area contributed by atoms with Crippen molar-refractivity contribution >= 4 is 34.4 Å². The molecule has 2 aromatic rings. The normalized spacial score (nSPS) is 12.3. The maximum atomic E-state index is 12.3. The number of sulfonamides is 1. The third-order valence-electron chi connectivity index (χ3n) is 2.92. The predicted octanol–water partition coefficient (Wildman–Crippen LogP) is 3.82. The summed E-state index contributed by atoms with van der Waals surface area (Å²) in [7, 11) is -3.53. The Morgan fingerprint density at radius 2 is 1.55 bits per heavy atom. The zero-order valence-electron chi connectivity index (χ0n) is 12.5. The van der Waals surface area contributed by atoms with E-state index in [1.165, 1.54) is 0 Å². The van der Waals surface area contributed by atoms with E-state index in [-0.39, 0.29) is 4.90 Å². The number of thiol groups is 1. The highest BCUT2D eigenvalue weighted by atomic mass is 32.2. The minimum Gasteiger partial charge on any atom is -0.207 e. The standard InChI is InChI=1S/C16H19NO2S3/c1-16(2,12-20)17-22(18,19)15-10-8-14(9-11-15)21-13-6-4-3-5-7-13/h3-11,17,20H,12H2,1-2H3. The van der Waals surface area contributed by atoms with Crippen LogP contribution in [0.3, 0.4) is 0 Å². The van der Waals surface area contributed by atoms with Crippen LogP contribution in [0.5, 0.6) is 0 Å². The largest absolute Gasteiger partial charge is 0.241 e. The molecule has 0 radical (unpaired) electrons. The van der Waals surface area contributed by atoms with E-state index < -0.39 is 15.6 Å². The summed E-state index contributed by atoms with van der Waals surface area (Å²) < 4.78 is 27.3. The van der Waals surface area contributed by atoms with Gasteiger partial charge in [-0.05, 0) is 50.2 Å². The summed E-state index contributed by atoms with van der Waals surface area (Å²) in [6, 6.07) is 16.9. The van der Waals surface area contributed by atoms with Gasteiger partial charge in [0, 0.05) is 21.1 Å². The fourth-order valence-electron chi connectivity index (χ4n) is 1.77. The van der Waals surface area contributed by atoms with Crippen molar-refractivity contribution in [3.63, 3.8) is 0 Å². The first-order valence-corrected chi connectivity index (χ1v) is 9.73. The zero-order valence-corrected chi connectivity index (χ0v) is 15.0. The highest BCUT2D eigenvalue weighted by Crippen LogP contribution is 2.28. The maximum Gasteiger partial charge on any atom is 0.241 e. The van der Waals surface area contributed by atoms with Crippen molar-refractivity contribution in [2.45, 2.75) is 34.1 Å². The van der Waals surface area contributed by atoms with E-state index >= 15 is 0 Å². The molecule has 2 rings (SSSR count). The molecular formula is C16H19NO2S3. The SMILES string of the molecule is CC(C)(CS)NS(=O)(=O)c1ccc(Sc2ccccc2)cc1. The lowest BCUT2D eigenvalue weighted by Crippen LogP contribution is -2.44. The summed E-state index contributed by atoms with van der Waals surface area (Å²) in [6.07, 6.45) is 0. The monoisotopic (exact) mass is 353 g/mol. The van der Waals surface area contributed by atoms with Gasteiger partial charge in [0.2, 0.25) is 10.0 Å². The lowest BCUT2D eigenvalue weighted by molar-refractivity contribution is 0.499. The molecule has 0 aliphatic rings. The van der Waals surface area contributed by atoms with Crippen LogP contribution in [-0.2, 0) is 10.0 Å². The van der Waals surface area contributed by atoms with Crippen LogP contribution in [-0.4, -0.2) is 19.7 Å². The van der Waals surface area contributed by atoms with Crippen LogP contribution < -0.4 is 4.72 Å². The zero-order chi connectivity index (χ0) is 16.2. The van der Waals surface area contributed by atoms with E-state index in [0.29, 0.717) is 5.75 Å². The minimum absolute atomic E-state index is 0.264. The van der Waals surface area contributed by atoms with Gasteiger partial charge in [-0.3, -0.25) is 0 Å². The van der Waals surface area contributed by atoms with Gasteiger partial charge in [0.25, 0.3) is 0 Å². The second kappa shape index (κ2) is 7.08. The Balaban J connectivity index is 2.15. The highest BCUT2D eigenvalue weighted by Gasteiger charge is 2.24. The molecule has 0 aromatic heterocycles. The molecule has 0 aliphatic carbocycles. The van der Waals surface area contributed by atoms with Gasteiger partial charge >= 0.3 is 0 Å². The second-order valence-corrected chi connectivity index (χ2v) is 8.68. The summed E-state index contributed by atoms with van der Waals surface area (Å²) in [6.45, 7) is 3.61. The summed E-state index contributed by atoms with van der Waals surface area (Å²) in [5.41, 5.74) is -0.584. The van der Waals surface area contributed by atoms with Crippen molar-refractivity contribution in [1.29, 1.82) is 0 Å². The van der Waals surface area contributed by atoms with Crippen molar-refractivity contribution in [3.05, 3.63) is 54.6 Å². The van der Waals surface area contributed by atoms with Gasteiger partial charge in [-0.25, -0.2) is 13.1 Å². The fourth-order valence-corrected chi connectivity index (χ4v) is 4.20.